The Morgan fingerprint density at radius 1 is 1.00 bits per heavy atom. The monoisotopic (exact) mass is 248 g/mol. The maximum Gasteiger partial charge on any atom is 0.0757 e. The van der Waals surface area contributed by atoms with Gasteiger partial charge in [-0.25, -0.2) is 0 Å². The molecular weight excluding hydrogens is 236 g/mol. The number of aryl methyl sites for hydroxylation is 1. The zero-order valence-corrected chi connectivity index (χ0v) is 10.5. The number of hydrogen-bond acceptors (Lipinski definition) is 1. The molecule has 0 amide bonds. The molecule has 19 heavy (non-hydrogen) atoms. The average molecular weight is 248 g/mol. The van der Waals surface area contributed by atoms with Gasteiger partial charge in [-0.15, -0.1) is 0 Å². The molecule has 0 N–H and O–H groups in total. The van der Waals surface area contributed by atoms with Crippen molar-refractivity contribution < 1.29 is 4.74 Å². The van der Waals surface area contributed by atoms with E-state index in [1.54, 1.807) is 4.74 Å². The third-order valence-corrected chi connectivity index (χ3v) is 3.38. The normalized spacial score (nSPS) is 11.4. The Morgan fingerprint density at radius 3 is 2.58 bits per heavy atom. The van der Waals surface area contributed by atoms with E-state index in [9.17, 15) is 0 Å². The smallest absolute Gasteiger partial charge is 0.0757 e. The summed E-state index contributed by atoms with van der Waals surface area (Å²) in [7, 11) is 0. The summed E-state index contributed by atoms with van der Waals surface area (Å²) in [6, 6.07) is 18.3. The molecule has 0 fully saturated rings. The maximum atomic E-state index is 4.59. The van der Waals surface area contributed by atoms with Gasteiger partial charge in [0.2, 0.25) is 0 Å². The van der Waals surface area contributed by atoms with Crippen LogP contribution in [0.4, 0.5) is 0 Å². The fourth-order valence-electron chi connectivity index (χ4n) is 2.47. The highest BCUT2D eigenvalue weighted by Gasteiger charge is 2.13. The van der Waals surface area contributed by atoms with Crippen LogP contribution >= 0.6 is 0 Å². The lowest BCUT2D eigenvalue weighted by Crippen LogP contribution is -2.33. The number of benzene rings is 2. The first-order chi connectivity index (χ1) is 9.34. The van der Waals surface area contributed by atoms with E-state index < -0.39 is 0 Å². The summed E-state index contributed by atoms with van der Waals surface area (Å²) in [6.07, 6.45) is 0. The van der Waals surface area contributed by atoms with Gasteiger partial charge in [-0.1, -0.05) is 52.7 Å². The van der Waals surface area contributed by atoms with Crippen molar-refractivity contribution in [1.82, 2.24) is 14.7 Å². The van der Waals surface area contributed by atoms with Gasteiger partial charge in [-0.3, -0.25) is 0 Å². The Kier molecular flexibility index (Phi) is 2.00. The Bertz CT molecular complexity index is 871. The first-order valence-corrected chi connectivity index (χ1v) is 6.23. The molecule has 4 heteroatoms. The molecule has 4 aromatic rings. The summed E-state index contributed by atoms with van der Waals surface area (Å²) in [5.41, 5.74) is 5.22. The minimum atomic E-state index is 0.956. The third kappa shape index (κ3) is 1.40. The van der Waals surface area contributed by atoms with E-state index in [4.69, 9.17) is 0 Å². The molecular formula is C15H12N4. The van der Waals surface area contributed by atoms with Crippen LogP contribution in [0.25, 0.3) is 22.3 Å². The minimum Gasteiger partial charge on any atom is -0.161 e. The van der Waals surface area contributed by atoms with Crippen molar-refractivity contribution in [3.8, 4) is 11.3 Å². The van der Waals surface area contributed by atoms with E-state index in [0.717, 1.165) is 28.0 Å². The number of aromatic nitrogens is 4. The molecule has 0 unspecified atom stereocenters. The molecule has 4 rings (SSSR count). The molecule has 0 saturated carbocycles. The van der Waals surface area contributed by atoms with Crippen LogP contribution in [0.3, 0.4) is 0 Å². The first kappa shape index (κ1) is 10.3. The Labute approximate surface area is 109 Å². The number of hydrogen-bond donors (Lipinski definition) is 0. The second-order valence-electron chi connectivity index (χ2n) is 4.57. The molecule has 92 valence electrons. The van der Waals surface area contributed by atoms with Gasteiger partial charge >= 0.3 is 0 Å². The maximum absolute atomic E-state index is 4.59. The fraction of sp³-hybridized carbons (Fsp3) is 0.0667. The quantitative estimate of drug-likeness (QED) is 0.483. The van der Waals surface area contributed by atoms with Gasteiger partial charge in [0.1, 0.15) is 0 Å². The molecule has 0 radical (unpaired) electrons. The van der Waals surface area contributed by atoms with Gasteiger partial charge < -0.3 is 0 Å². The van der Waals surface area contributed by atoms with Crippen molar-refractivity contribution >= 4 is 11.0 Å². The molecule has 0 atom stereocenters. The van der Waals surface area contributed by atoms with Crippen LogP contribution in [-0.4, -0.2) is 9.61 Å². The van der Waals surface area contributed by atoms with Crippen LogP contribution in [0, 0.1) is 6.92 Å². The molecule has 0 saturated heterocycles. The van der Waals surface area contributed by atoms with Crippen molar-refractivity contribution in [2.45, 2.75) is 6.92 Å². The van der Waals surface area contributed by atoms with Gasteiger partial charge in [0, 0.05) is 5.69 Å². The lowest BCUT2D eigenvalue weighted by atomic mass is 10.1. The second-order valence-corrected chi connectivity index (χ2v) is 4.57. The predicted octanol–water partition coefficient (Wildman–Crippen LogP) is 2.01. The molecule has 0 aliphatic carbocycles. The van der Waals surface area contributed by atoms with Crippen molar-refractivity contribution in [2.24, 2.45) is 0 Å². The number of para-hydroxylation sites is 1. The SMILES string of the molecule is Cc1c(-c2ccccc2)[n-][n+]2nc3ccccc3n12. The Balaban J connectivity index is 2.08. The first-order valence-electron chi connectivity index (χ1n) is 6.23. The van der Waals surface area contributed by atoms with Crippen LogP contribution in [0.1, 0.15) is 5.69 Å². The van der Waals surface area contributed by atoms with E-state index in [1.807, 2.05) is 40.9 Å². The summed E-state index contributed by atoms with van der Waals surface area (Å²) in [5.74, 6) is 0. The molecule has 4 nitrogen and oxygen atoms in total. The molecule has 0 spiro atoms. The summed E-state index contributed by atoms with van der Waals surface area (Å²) >= 11 is 0. The third-order valence-electron chi connectivity index (χ3n) is 3.38. The van der Waals surface area contributed by atoms with Crippen LogP contribution in [-0.2, 0) is 0 Å². The van der Waals surface area contributed by atoms with E-state index in [1.165, 1.54) is 0 Å². The lowest BCUT2D eigenvalue weighted by Gasteiger charge is -1.98. The second kappa shape index (κ2) is 3.68. The topological polar surface area (TPSA) is 35.5 Å². The van der Waals surface area contributed by atoms with E-state index in [0.29, 0.717) is 0 Å². The number of fused-ring (bicyclic) bond motifs is 3. The van der Waals surface area contributed by atoms with Gasteiger partial charge in [0.15, 0.2) is 0 Å². The van der Waals surface area contributed by atoms with Gasteiger partial charge in [0.05, 0.1) is 16.7 Å². The van der Waals surface area contributed by atoms with E-state index in [-0.39, 0.29) is 0 Å². The highest BCUT2D eigenvalue weighted by Crippen LogP contribution is 2.20. The molecule has 2 aromatic carbocycles. The molecule has 0 aliphatic rings. The molecule has 0 aliphatic heterocycles. The average Bonchev–Trinajstić information content (AvgIpc) is 2.97. The summed E-state index contributed by atoms with van der Waals surface area (Å²) < 4.78 is 3.71. The van der Waals surface area contributed by atoms with Crippen LogP contribution in [0.15, 0.2) is 54.6 Å². The highest BCUT2D eigenvalue weighted by molar-refractivity contribution is 5.74. The largest absolute Gasteiger partial charge is 0.161 e. The summed E-state index contributed by atoms with van der Waals surface area (Å²) in [5, 5.41) is 9.08. The highest BCUT2D eigenvalue weighted by atomic mass is 15.6. The van der Waals surface area contributed by atoms with Gasteiger partial charge in [-0.2, -0.15) is 4.52 Å². The zero-order valence-electron chi connectivity index (χ0n) is 10.5. The number of nitrogens with zero attached hydrogens (tertiary/aromatic N) is 4. The predicted molar refractivity (Wildman–Crippen MR) is 71.8 cm³/mol. The molecule has 2 aromatic heterocycles. The van der Waals surface area contributed by atoms with Gasteiger partial charge in [0.25, 0.3) is 0 Å². The van der Waals surface area contributed by atoms with Crippen LogP contribution in [0.5, 0.6) is 0 Å². The van der Waals surface area contributed by atoms with E-state index in [2.05, 4.69) is 35.3 Å². The van der Waals surface area contributed by atoms with Crippen LogP contribution in [0.2, 0.25) is 0 Å². The zero-order chi connectivity index (χ0) is 12.8. The summed E-state index contributed by atoms with van der Waals surface area (Å²) in [6.45, 7) is 2.07. The van der Waals surface area contributed by atoms with Crippen LogP contribution < -0.4 is 9.84 Å². The van der Waals surface area contributed by atoms with E-state index >= 15 is 0 Å². The molecule has 0 bridgehead atoms. The van der Waals surface area contributed by atoms with Crippen molar-refractivity contribution in [3.63, 3.8) is 0 Å². The van der Waals surface area contributed by atoms with Crippen molar-refractivity contribution in [2.75, 3.05) is 0 Å². The Hall–Kier alpha value is -2.62. The lowest BCUT2D eigenvalue weighted by molar-refractivity contribution is -0.729. The van der Waals surface area contributed by atoms with Gasteiger partial charge in [-0.05, 0) is 29.4 Å². The summed E-state index contributed by atoms with van der Waals surface area (Å²) in [4.78, 5) is 0. The Morgan fingerprint density at radius 2 is 1.74 bits per heavy atom. The van der Waals surface area contributed by atoms with Crippen molar-refractivity contribution in [1.29, 1.82) is 0 Å². The standard InChI is InChI=1S/C15H12N4/c1-11-15(12-7-3-2-4-8-12)17-19-16-13-9-5-6-10-14(13)18(11)19/h2-10H,1H3. The minimum absolute atomic E-state index is 0.956. The molecule has 2 heterocycles. The number of rotatable bonds is 1. The van der Waals surface area contributed by atoms with Crippen molar-refractivity contribution in [3.05, 3.63) is 60.3 Å². The fourth-order valence-corrected chi connectivity index (χ4v) is 2.47.